The number of thioether (sulfide) groups is 1. The number of amides is 3. The van der Waals surface area contributed by atoms with Crippen LogP contribution in [0.1, 0.15) is 30.9 Å². The minimum absolute atomic E-state index is 0.0683. The molecule has 2 unspecified atom stereocenters. The van der Waals surface area contributed by atoms with Crippen molar-refractivity contribution < 1.29 is 14.3 Å². The Morgan fingerprint density at radius 3 is 2.78 bits per heavy atom. The van der Waals surface area contributed by atoms with Crippen LogP contribution in [-0.2, 0) is 4.79 Å². The molecular weight excluding hydrogens is 498 g/mol. The molecule has 0 spiro atoms. The molecule has 0 radical (unpaired) electrons. The quantitative estimate of drug-likeness (QED) is 0.440. The van der Waals surface area contributed by atoms with Crippen LogP contribution >= 0.6 is 23.4 Å². The van der Waals surface area contributed by atoms with Gasteiger partial charge in [-0.3, -0.25) is 9.69 Å². The van der Waals surface area contributed by atoms with Gasteiger partial charge in [0.15, 0.2) is 0 Å². The number of aromatic nitrogens is 1. The number of hydrogen-bond donors (Lipinski definition) is 3. The van der Waals surface area contributed by atoms with Gasteiger partial charge in [0, 0.05) is 23.8 Å². The molecular formula is C26H24ClN5O3S. The molecule has 3 heterocycles. The van der Waals surface area contributed by atoms with E-state index < -0.39 is 11.3 Å². The van der Waals surface area contributed by atoms with Crippen LogP contribution in [0.5, 0.6) is 11.5 Å². The highest BCUT2D eigenvalue weighted by Crippen LogP contribution is 2.51. The normalized spacial score (nSPS) is 24.3. The number of benzene rings is 2. The summed E-state index contributed by atoms with van der Waals surface area (Å²) in [5.41, 5.74) is 8.12. The Labute approximate surface area is 217 Å². The van der Waals surface area contributed by atoms with Gasteiger partial charge in [-0.05, 0) is 55.7 Å². The molecule has 0 bridgehead atoms. The number of ether oxygens (including phenoxy) is 1. The van der Waals surface area contributed by atoms with E-state index in [1.807, 2.05) is 30.3 Å². The van der Waals surface area contributed by atoms with Crippen molar-refractivity contribution in [3.8, 4) is 11.5 Å². The summed E-state index contributed by atoms with van der Waals surface area (Å²) in [6.07, 6.45) is 4.21. The first-order valence-corrected chi connectivity index (χ1v) is 13.1. The second-order valence-corrected chi connectivity index (χ2v) is 10.7. The molecule has 3 aromatic rings. The summed E-state index contributed by atoms with van der Waals surface area (Å²) in [7, 11) is 0. The van der Waals surface area contributed by atoms with Crippen molar-refractivity contribution in [1.82, 2.24) is 15.6 Å². The Morgan fingerprint density at radius 2 is 2.03 bits per heavy atom. The third-order valence-corrected chi connectivity index (χ3v) is 8.31. The lowest BCUT2D eigenvalue weighted by Crippen LogP contribution is -2.50. The van der Waals surface area contributed by atoms with E-state index in [0.29, 0.717) is 27.9 Å². The predicted molar refractivity (Wildman–Crippen MR) is 139 cm³/mol. The standard InChI is InChI=1S/C26H24ClN5O3S/c27-18-13-16(8-9-20(18)35-17-4-2-1-3-5-17)32-19-10-11-29-25-21(19)22(31-26(32)34)23(36-25)24(33)30-15-7-6-14(28)12-15/h1-5,8-11,13-15,22-23H,6-7,12,28H2,(H,30,33)(H,31,34)/t14-,15+,22?,23?/m1/s1. The number of anilines is 2. The molecule has 6 rings (SSSR count). The summed E-state index contributed by atoms with van der Waals surface area (Å²) in [4.78, 5) is 32.6. The summed E-state index contributed by atoms with van der Waals surface area (Å²) in [5.74, 6) is 1.05. The summed E-state index contributed by atoms with van der Waals surface area (Å²) in [6.45, 7) is 0. The van der Waals surface area contributed by atoms with E-state index in [4.69, 9.17) is 22.1 Å². The fraction of sp³-hybridized carbons (Fsp3) is 0.269. The van der Waals surface area contributed by atoms with Crippen LogP contribution in [-0.4, -0.2) is 34.3 Å². The fourth-order valence-electron chi connectivity index (χ4n) is 5.04. The van der Waals surface area contributed by atoms with Gasteiger partial charge in [0.05, 0.1) is 22.4 Å². The van der Waals surface area contributed by atoms with E-state index in [1.165, 1.54) is 11.8 Å². The monoisotopic (exact) mass is 521 g/mol. The molecule has 4 atom stereocenters. The third kappa shape index (κ3) is 4.17. The van der Waals surface area contributed by atoms with Crippen LogP contribution < -0.4 is 26.0 Å². The SMILES string of the molecule is N[C@@H]1CC[C@H](NC(=O)C2Sc3nccc4c3C2NC(=O)N4c2ccc(Oc3ccccc3)c(Cl)c2)C1. The van der Waals surface area contributed by atoms with Gasteiger partial charge in [-0.1, -0.05) is 41.6 Å². The van der Waals surface area contributed by atoms with Gasteiger partial charge in [0.2, 0.25) is 5.91 Å². The van der Waals surface area contributed by atoms with Crippen molar-refractivity contribution in [2.75, 3.05) is 4.90 Å². The minimum atomic E-state index is -0.498. The zero-order valence-corrected chi connectivity index (χ0v) is 20.8. The summed E-state index contributed by atoms with van der Waals surface area (Å²) in [6, 6.07) is 15.8. The van der Waals surface area contributed by atoms with Crippen molar-refractivity contribution in [2.24, 2.45) is 5.73 Å². The van der Waals surface area contributed by atoms with Crippen molar-refractivity contribution in [3.05, 3.63) is 71.4 Å². The average molecular weight is 522 g/mol. The first kappa shape index (κ1) is 23.1. The average Bonchev–Trinajstić information content (AvgIpc) is 3.45. The maximum atomic E-state index is 13.4. The topological polar surface area (TPSA) is 110 Å². The largest absolute Gasteiger partial charge is 0.456 e. The molecule has 3 amide bonds. The van der Waals surface area contributed by atoms with E-state index in [2.05, 4.69) is 15.6 Å². The molecule has 184 valence electrons. The maximum Gasteiger partial charge on any atom is 0.327 e. The van der Waals surface area contributed by atoms with Gasteiger partial charge in [-0.15, -0.1) is 0 Å². The molecule has 36 heavy (non-hydrogen) atoms. The zero-order chi connectivity index (χ0) is 24.8. The highest BCUT2D eigenvalue weighted by molar-refractivity contribution is 8.01. The number of carbonyl (C=O) groups is 2. The molecule has 0 saturated heterocycles. The van der Waals surface area contributed by atoms with Crippen molar-refractivity contribution in [3.63, 3.8) is 0 Å². The molecule has 1 saturated carbocycles. The van der Waals surface area contributed by atoms with Gasteiger partial charge in [0.1, 0.15) is 21.8 Å². The van der Waals surface area contributed by atoms with Gasteiger partial charge in [0.25, 0.3) is 0 Å². The van der Waals surface area contributed by atoms with Gasteiger partial charge in [-0.2, -0.15) is 0 Å². The summed E-state index contributed by atoms with van der Waals surface area (Å²) in [5, 5.41) is 6.76. The number of para-hydroxylation sites is 1. The first-order chi connectivity index (χ1) is 17.5. The van der Waals surface area contributed by atoms with Gasteiger partial charge < -0.3 is 21.1 Å². The second-order valence-electron chi connectivity index (χ2n) is 9.16. The summed E-state index contributed by atoms with van der Waals surface area (Å²) < 4.78 is 5.88. The van der Waals surface area contributed by atoms with Crippen LogP contribution in [0, 0.1) is 0 Å². The van der Waals surface area contributed by atoms with E-state index in [0.717, 1.165) is 29.9 Å². The highest BCUT2D eigenvalue weighted by Gasteiger charge is 2.47. The number of halogens is 1. The smallest absolute Gasteiger partial charge is 0.327 e. The lowest BCUT2D eigenvalue weighted by Gasteiger charge is -2.34. The van der Waals surface area contributed by atoms with Crippen molar-refractivity contribution in [1.29, 1.82) is 0 Å². The molecule has 8 nitrogen and oxygen atoms in total. The van der Waals surface area contributed by atoms with Crippen LogP contribution in [0.3, 0.4) is 0 Å². The zero-order valence-electron chi connectivity index (χ0n) is 19.2. The van der Waals surface area contributed by atoms with Gasteiger partial charge >= 0.3 is 6.03 Å². The van der Waals surface area contributed by atoms with Crippen LogP contribution in [0.2, 0.25) is 5.02 Å². The van der Waals surface area contributed by atoms with E-state index in [1.54, 1.807) is 35.4 Å². The first-order valence-electron chi connectivity index (χ1n) is 11.8. The number of hydrogen-bond acceptors (Lipinski definition) is 6. The number of nitrogens with two attached hydrogens (primary N) is 1. The number of rotatable bonds is 5. The Bertz CT molecular complexity index is 1340. The fourth-order valence-corrected chi connectivity index (χ4v) is 6.49. The molecule has 2 aromatic carbocycles. The van der Waals surface area contributed by atoms with Crippen LogP contribution in [0.25, 0.3) is 0 Å². The molecule has 10 heteroatoms. The number of urea groups is 1. The number of pyridine rings is 1. The Balaban J connectivity index is 1.27. The van der Waals surface area contributed by atoms with Crippen molar-refractivity contribution >= 4 is 46.7 Å². The van der Waals surface area contributed by atoms with Crippen LogP contribution in [0.4, 0.5) is 16.2 Å². The highest BCUT2D eigenvalue weighted by atomic mass is 35.5. The van der Waals surface area contributed by atoms with E-state index >= 15 is 0 Å². The molecule has 4 N–H and O–H groups in total. The number of nitrogens with one attached hydrogen (secondary N) is 2. The van der Waals surface area contributed by atoms with Crippen LogP contribution in [0.15, 0.2) is 65.8 Å². The number of carbonyl (C=O) groups excluding carboxylic acids is 2. The minimum Gasteiger partial charge on any atom is -0.456 e. The Kier molecular flexibility index (Phi) is 5.99. The van der Waals surface area contributed by atoms with Crippen molar-refractivity contribution in [2.45, 2.75) is 47.7 Å². The molecule has 1 aromatic heterocycles. The number of nitrogens with zero attached hydrogens (tertiary/aromatic N) is 2. The Morgan fingerprint density at radius 1 is 1.19 bits per heavy atom. The summed E-state index contributed by atoms with van der Waals surface area (Å²) >= 11 is 7.92. The lowest BCUT2D eigenvalue weighted by molar-refractivity contribution is -0.121. The third-order valence-electron chi connectivity index (χ3n) is 6.73. The lowest BCUT2D eigenvalue weighted by atomic mass is 9.99. The Hall–Kier alpha value is -3.27. The van der Waals surface area contributed by atoms with Gasteiger partial charge in [-0.25, -0.2) is 9.78 Å². The second kappa shape index (κ2) is 9.31. The molecule has 1 fully saturated rings. The maximum absolute atomic E-state index is 13.4. The van der Waals surface area contributed by atoms with E-state index in [9.17, 15) is 9.59 Å². The molecule has 2 aliphatic heterocycles. The molecule has 3 aliphatic rings. The predicted octanol–water partition coefficient (Wildman–Crippen LogP) is 4.90. The van der Waals surface area contributed by atoms with E-state index in [-0.39, 0.29) is 24.0 Å². The molecule has 1 aliphatic carbocycles.